The second-order valence-electron chi connectivity index (χ2n) is 3.40. The van der Waals surface area contributed by atoms with Crippen LogP contribution in [-0.4, -0.2) is 0 Å². The molecule has 0 atom stereocenters. The third kappa shape index (κ3) is 0.896. The fraction of sp³-hybridized carbons (Fsp3) is 0.0769. The summed E-state index contributed by atoms with van der Waals surface area (Å²) in [4.78, 5) is 0. The Balaban J connectivity index is 2.61. The Morgan fingerprint density at radius 2 is 2.07 bits per heavy atom. The zero-order chi connectivity index (χ0) is 11.3. The Kier molecular flexibility index (Phi) is 1.09. The maximum atomic E-state index is 7.79. The van der Waals surface area contributed by atoms with Gasteiger partial charge in [0.2, 0.25) is 0 Å². The highest BCUT2D eigenvalue weighted by Gasteiger charge is 2.06. The lowest BCUT2D eigenvalue weighted by Crippen LogP contribution is -1.70. The second kappa shape index (κ2) is 2.61. The van der Waals surface area contributed by atoms with Crippen molar-refractivity contribution in [3.63, 3.8) is 0 Å². The summed E-state index contributed by atoms with van der Waals surface area (Å²) in [5.41, 5.74) is 2.44. The van der Waals surface area contributed by atoms with E-state index in [1.165, 1.54) is 6.07 Å². The van der Waals surface area contributed by atoms with Crippen molar-refractivity contribution >= 4 is 21.9 Å². The molecule has 3 aromatic rings. The largest absolute Gasteiger partial charge is 0.456 e. The van der Waals surface area contributed by atoms with Crippen molar-refractivity contribution in [3.05, 3.63) is 48.0 Å². The van der Waals surface area contributed by atoms with Gasteiger partial charge in [-0.25, -0.2) is 0 Å². The molecule has 68 valence electrons. The van der Waals surface area contributed by atoms with Crippen molar-refractivity contribution in [1.29, 1.82) is 0 Å². The molecule has 0 bridgehead atoms. The van der Waals surface area contributed by atoms with Gasteiger partial charge in [0.25, 0.3) is 0 Å². The molecule has 14 heavy (non-hydrogen) atoms. The van der Waals surface area contributed by atoms with Crippen molar-refractivity contribution < 1.29 is 7.16 Å². The Morgan fingerprint density at radius 3 is 3.00 bits per heavy atom. The quantitative estimate of drug-likeness (QED) is 0.516. The molecule has 0 aliphatic rings. The van der Waals surface area contributed by atoms with Crippen molar-refractivity contribution in [1.82, 2.24) is 0 Å². The van der Waals surface area contributed by atoms with E-state index in [1.54, 1.807) is 6.07 Å². The van der Waals surface area contributed by atoms with E-state index in [2.05, 4.69) is 0 Å². The molecule has 1 heteroatoms. The van der Waals surface area contributed by atoms with Crippen molar-refractivity contribution in [3.8, 4) is 0 Å². The van der Waals surface area contributed by atoms with Crippen LogP contribution in [0.2, 0.25) is 0 Å². The van der Waals surface area contributed by atoms with Crippen LogP contribution in [0.25, 0.3) is 21.9 Å². The summed E-state index contributed by atoms with van der Waals surface area (Å²) in [7, 11) is 0. The third-order valence-electron chi connectivity index (χ3n) is 2.47. The number of aryl methyl sites for hydroxylation is 1. The molecule has 0 spiro atoms. The summed E-state index contributed by atoms with van der Waals surface area (Å²) < 4.78 is 21.1. The van der Waals surface area contributed by atoms with Crippen LogP contribution in [0.15, 0.2) is 46.8 Å². The maximum absolute atomic E-state index is 7.79. The van der Waals surface area contributed by atoms with Crippen LogP contribution in [0.1, 0.15) is 8.30 Å². The molecular weight excluding hydrogens is 172 g/mol. The van der Waals surface area contributed by atoms with Crippen LogP contribution in [0.5, 0.6) is 0 Å². The molecule has 0 aliphatic heterocycles. The predicted molar refractivity (Wildman–Crippen MR) is 58.5 cm³/mol. The SMILES string of the molecule is [2H]c1cc([2H])c2oc3c(C)cccc3c2c1. The van der Waals surface area contributed by atoms with E-state index in [-0.39, 0.29) is 6.04 Å². The van der Waals surface area contributed by atoms with Gasteiger partial charge in [-0.05, 0) is 18.5 Å². The van der Waals surface area contributed by atoms with Gasteiger partial charge in [0.05, 0.1) is 2.74 Å². The number of para-hydroxylation sites is 2. The van der Waals surface area contributed by atoms with Crippen LogP contribution in [0.3, 0.4) is 0 Å². The Morgan fingerprint density at radius 1 is 1.14 bits per heavy atom. The number of furan rings is 1. The Labute approximate surface area is 84.8 Å². The summed E-state index contributed by atoms with van der Waals surface area (Å²) in [6.45, 7) is 1.98. The lowest BCUT2D eigenvalue weighted by molar-refractivity contribution is 0.666. The minimum absolute atomic E-state index is 0.276. The van der Waals surface area contributed by atoms with Crippen LogP contribution >= 0.6 is 0 Å². The van der Waals surface area contributed by atoms with Gasteiger partial charge >= 0.3 is 0 Å². The fourth-order valence-electron chi connectivity index (χ4n) is 1.76. The number of hydrogen-bond acceptors (Lipinski definition) is 1. The number of hydrogen-bond donors (Lipinski definition) is 0. The monoisotopic (exact) mass is 184 g/mol. The number of fused-ring (bicyclic) bond motifs is 3. The summed E-state index contributed by atoms with van der Waals surface area (Å²) >= 11 is 0. The fourth-order valence-corrected chi connectivity index (χ4v) is 1.76. The molecule has 0 unspecified atom stereocenters. The first kappa shape index (κ1) is 5.86. The second-order valence-corrected chi connectivity index (χ2v) is 3.40. The van der Waals surface area contributed by atoms with E-state index >= 15 is 0 Å². The molecule has 0 aliphatic carbocycles. The van der Waals surface area contributed by atoms with Gasteiger partial charge in [-0.1, -0.05) is 36.4 Å². The van der Waals surface area contributed by atoms with Crippen molar-refractivity contribution in [2.75, 3.05) is 0 Å². The normalized spacial score (nSPS) is 13.2. The van der Waals surface area contributed by atoms with Gasteiger partial charge in [-0.3, -0.25) is 0 Å². The van der Waals surface area contributed by atoms with E-state index in [0.717, 1.165) is 21.9 Å². The van der Waals surface area contributed by atoms with Gasteiger partial charge in [0.15, 0.2) is 0 Å². The van der Waals surface area contributed by atoms with Crippen molar-refractivity contribution in [2.45, 2.75) is 6.92 Å². The van der Waals surface area contributed by atoms with Crippen LogP contribution in [-0.2, 0) is 0 Å². The van der Waals surface area contributed by atoms with Gasteiger partial charge in [0.1, 0.15) is 11.2 Å². The first-order valence-electron chi connectivity index (χ1n) is 5.56. The zero-order valence-corrected chi connectivity index (χ0v) is 7.79. The number of rotatable bonds is 0. The molecule has 0 amide bonds. The van der Waals surface area contributed by atoms with Crippen molar-refractivity contribution in [2.24, 2.45) is 0 Å². The molecule has 0 radical (unpaired) electrons. The first-order chi connectivity index (χ1) is 7.66. The van der Waals surface area contributed by atoms with Gasteiger partial charge in [-0.15, -0.1) is 0 Å². The highest BCUT2D eigenvalue weighted by atomic mass is 16.3. The summed E-state index contributed by atoms with van der Waals surface area (Å²) in [6, 6.07) is 9.79. The maximum Gasteiger partial charge on any atom is 0.138 e. The zero-order valence-electron chi connectivity index (χ0n) is 9.79. The molecule has 1 heterocycles. The lowest BCUT2D eigenvalue weighted by atomic mass is 10.1. The van der Waals surface area contributed by atoms with Crippen LogP contribution in [0.4, 0.5) is 0 Å². The topological polar surface area (TPSA) is 13.1 Å². The smallest absolute Gasteiger partial charge is 0.138 e. The summed E-state index contributed by atoms with van der Waals surface area (Å²) in [5.74, 6) is 0. The van der Waals surface area contributed by atoms with Crippen LogP contribution in [0, 0.1) is 6.92 Å². The number of benzene rings is 2. The van der Waals surface area contributed by atoms with E-state index in [0.29, 0.717) is 11.6 Å². The molecule has 2 aromatic carbocycles. The summed E-state index contributed by atoms with van der Waals surface area (Å²) in [6.07, 6.45) is 0. The molecule has 0 saturated heterocycles. The highest BCUT2D eigenvalue weighted by Crippen LogP contribution is 2.29. The predicted octanol–water partition coefficient (Wildman–Crippen LogP) is 3.89. The highest BCUT2D eigenvalue weighted by molar-refractivity contribution is 6.05. The molecule has 1 aromatic heterocycles. The van der Waals surface area contributed by atoms with Crippen LogP contribution < -0.4 is 0 Å². The third-order valence-corrected chi connectivity index (χ3v) is 2.47. The Hall–Kier alpha value is -1.76. The molecule has 3 rings (SSSR count). The molecular formula is C13H10O. The first-order valence-corrected chi connectivity index (χ1v) is 4.56. The molecule has 0 fully saturated rings. The average Bonchev–Trinajstić information content (AvgIpc) is 2.59. The standard InChI is InChI=1S/C13H10O/c1-9-5-4-7-11-10-6-2-3-8-12(10)14-13(9)11/h2-8H,1H3/i2D,8D. The lowest BCUT2D eigenvalue weighted by Gasteiger charge is -1.91. The minimum Gasteiger partial charge on any atom is -0.456 e. The van der Waals surface area contributed by atoms with Gasteiger partial charge in [-0.2, -0.15) is 0 Å². The van der Waals surface area contributed by atoms with E-state index in [9.17, 15) is 0 Å². The van der Waals surface area contributed by atoms with E-state index in [4.69, 9.17) is 7.16 Å². The van der Waals surface area contributed by atoms with E-state index in [1.807, 2.05) is 25.1 Å². The molecule has 0 N–H and O–H groups in total. The minimum atomic E-state index is 0.276. The summed E-state index contributed by atoms with van der Waals surface area (Å²) in [5, 5.41) is 1.84. The van der Waals surface area contributed by atoms with E-state index < -0.39 is 0 Å². The molecule has 0 saturated carbocycles. The average molecular weight is 184 g/mol. The van der Waals surface area contributed by atoms with Gasteiger partial charge in [0, 0.05) is 10.8 Å². The molecule has 1 nitrogen and oxygen atoms in total. The van der Waals surface area contributed by atoms with Gasteiger partial charge < -0.3 is 4.42 Å². The Bertz CT molecular complexity index is 698.